The highest BCUT2D eigenvalue weighted by atomic mass is 16.6. The Bertz CT molecular complexity index is 1670. The van der Waals surface area contributed by atoms with Crippen LogP contribution in [-0.2, 0) is 20.9 Å². The largest absolute Gasteiger partial charge is 0.385 e. The SMILES string of the molecule is COCCCN1C2=C(C(=O)CC(C)(C)C2)C(c2cn(Cc3ccc([N+](=O)[O-])cc3)c3ccccc23)C2=C1CC(C)(C)CC2=O. The number of nitro groups is 1. The van der Waals surface area contributed by atoms with Crippen molar-refractivity contribution < 1.29 is 19.2 Å². The number of para-hydroxylation sites is 1. The molecule has 0 fully saturated rings. The molecule has 0 unspecified atom stereocenters. The zero-order valence-corrected chi connectivity index (χ0v) is 26.3. The molecule has 3 aliphatic rings. The van der Waals surface area contributed by atoms with E-state index in [1.807, 2.05) is 12.1 Å². The predicted molar refractivity (Wildman–Crippen MR) is 170 cm³/mol. The van der Waals surface area contributed by atoms with Gasteiger partial charge < -0.3 is 14.2 Å². The highest BCUT2D eigenvalue weighted by Crippen LogP contribution is 2.55. The molecule has 0 saturated carbocycles. The first-order valence-corrected chi connectivity index (χ1v) is 15.5. The molecule has 2 aromatic carbocycles. The second-order valence-electron chi connectivity index (χ2n) is 14.2. The number of Topliss-reactive ketones (excluding diaryl/α,β-unsaturated/α-hetero) is 2. The number of benzene rings is 2. The van der Waals surface area contributed by atoms with E-state index in [2.05, 4.69) is 55.5 Å². The van der Waals surface area contributed by atoms with E-state index in [1.165, 1.54) is 12.1 Å². The third-order valence-electron chi connectivity index (χ3n) is 9.38. The molecule has 0 atom stereocenters. The van der Waals surface area contributed by atoms with Crippen molar-refractivity contribution >= 4 is 28.2 Å². The van der Waals surface area contributed by atoms with Gasteiger partial charge in [-0.2, -0.15) is 0 Å². The summed E-state index contributed by atoms with van der Waals surface area (Å²) in [6, 6.07) is 14.8. The van der Waals surface area contributed by atoms with Crippen LogP contribution in [0.25, 0.3) is 10.9 Å². The fourth-order valence-electron chi connectivity index (χ4n) is 7.55. The van der Waals surface area contributed by atoms with E-state index in [0.29, 0.717) is 32.5 Å². The minimum atomic E-state index is -0.436. The van der Waals surface area contributed by atoms with Crippen LogP contribution in [0.15, 0.2) is 77.3 Å². The number of aromatic nitrogens is 1. The van der Waals surface area contributed by atoms with Crippen LogP contribution < -0.4 is 0 Å². The molecule has 0 saturated heterocycles. The fraction of sp³-hybridized carbons (Fsp3) is 0.444. The van der Waals surface area contributed by atoms with Gasteiger partial charge in [0.05, 0.1) is 4.92 Å². The number of hydrogen-bond donors (Lipinski definition) is 0. The lowest BCUT2D eigenvalue weighted by Gasteiger charge is -2.49. The summed E-state index contributed by atoms with van der Waals surface area (Å²) >= 11 is 0. The summed E-state index contributed by atoms with van der Waals surface area (Å²) in [5.41, 5.74) is 6.25. The van der Waals surface area contributed by atoms with Crippen LogP contribution >= 0.6 is 0 Å². The van der Waals surface area contributed by atoms with Gasteiger partial charge in [0.15, 0.2) is 11.6 Å². The van der Waals surface area contributed by atoms with E-state index in [9.17, 15) is 19.7 Å². The van der Waals surface area contributed by atoms with E-state index in [-0.39, 0.29) is 28.1 Å². The van der Waals surface area contributed by atoms with Gasteiger partial charge >= 0.3 is 0 Å². The van der Waals surface area contributed by atoms with E-state index in [4.69, 9.17) is 4.74 Å². The van der Waals surface area contributed by atoms with Gasteiger partial charge in [-0.05, 0) is 47.3 Å². The number of allylic oxidation sites excluding steroid dienone is 4. The summed E-state index contributed by atoms with van der Waals surface area (Å²) in [6.45, 7) is 10.5. The summed E-state index contributed by atoms with van der Waals surface area (Å²) in [5.74, 6) is -0.197. The molecule has 44 heavy (non-hydrogen) atoms. The molecule has 0 bridgehead atoms. The van der Waals surface area contributed by atoms with Gasteiger partial charge in [0.25, 0.3) is 5.69 Å². The quantitative estimate of drug-likeness (QED) is 0.154. The molecule has 6 rings (SSSR count). The Morgan fingerprint density at radius 1 is 0.886 bits per heavy atom. The Morgan fingerprint density at radius 2 is 1.48 bits per heavy atom. The molecule has 2 heterocycles. The van der Waals surface area contributed by atoms with Crippen molar-refractivity contribution in [2.75, 3.05) is 20.3 Å². The first-order chi connectivity index (χ1) is 20.9. The third kappa shape index (κ3) is 5.40. The lowest BCUT2D eigenvalue weighted by atomic mass is 9.63. The Kier molecular flexibility index (Phi) is 7.60. The van der Waals surface area contributed by atoms with E-state index in [1.54, 1.807) is 19.2 Å². The topological polar surface area (TPSA) is 94.7 Å². The number of ether oxygens (including phenoxy) is 1. The number of hydrogen-bond acceptors (Lipinski definition) is 6. The number of fused-ring (bicyclic) bond motifs is 1. The molecule has 8 heteroatoms. The van der Waals surface area contributed by atoms with Gasteiger partial charge in [0.2, 0.25) is 0 Å². The number of rotatable bonds is 8. The van der Waals surface area contributed by atoms with E-state index >= 15 is 0 Å². The van der Waals surface area contributed by atoms with Crippen LogP contribution in [0.1, 0.15) is 76.8 Å². The Labute approximate surface area is 258 Å². The van der Waals surface area contributed by atoms with Gasteiger partial charge in [-0.3, -0.25) is 19.7 Å². The average molecular weight is 596 g/mol. The average Bonchev–Trinajstić information content (AvgIpc) is 3.30. The van der Waals surface area contributed by atoms with Crippen molar-refractivity contribution in [3.8, 4) is 0 Å². The lowest BCUT2D eigenvalue weighted by molar-refractivity contribution is -0.384. The van der Waals surface area contributed by atoms with Crippen molar-refractivity contribution in [2.24, 2.45) is 10.8 Å². The van der Waals surface area contributed by atoms with E-state index < -0.39 is 10.8 Å². The van der Waals surface area contributed by atoms with Crippen molar-refractivity contribution in [1.29, 1.82) is 0 Å². The number of carbonyl (C=O) groups excluding carboxylic acids is 2. The highest BCUT2D eigenvalue weighted by molar-refractivity contribution is 6.08. The van der Waals surface area contributed by atoms with Crippen LogP contribution in [0.4, 0.5) is 5.69 Å². The van der Waals surface area contributed by atoms with Crippen molar-refractivity contribution in [1.82, 2.24) is 9.47 Å². The minimum Gasteiger partial charge on any atom is -0.385 e. The second kappa shape index (κ2) is 11.1. The van der Waals surface area contributed by atoms with Gasteiger partial charge in [0, 0.05) is 97.3 Å². The number of carbonyl (C=O) groups is 2. The van der Waals surface area contributed by atoms with Gasteiger partial charge in [0.1, 0.15) is 0 Å². The number of nitrogens with zero attached hydrogens (tertiary/aromatic N) is 3. The van der Waals surface area contributed by atoms with Crippen LogP contribution in [-0.4, -0.2) is 46.2 Å². The maximum Gasteiger partial charge on any atom is 0.269 e. The molecule has 8 nitrogen and oxygen atoms in total. The number of methoxy groups -OCH3 is 1. The Hall–Kier alpha value is -4.04. The van der Waals surface area contributed by atoms with Crippen molar-refractivity contribution in [3.63, 3.8) is 0 Å². The zero-order valence-electron chi connectivity index (χ0n) is 26.3. The van der Waals surface area contributed by atoms with Crippen molar-refractivity contribution in [2.45, 2.75) is 72.3 Å². The monoisotopic (exact) mass is 595 g/mol. The molecule has 0 amide bonds. The molecule has 230 valence electrons. The Morgan fingerprint density at radius 3 is 2.05 bits per heavy atom. The fourth-order valence-corrected chi connectivity index (χ4v) is 7.55. The van der Waals surface area contributed by atoms with Gasteiger partial charge in [-0.1, -0.05) is 58.0 Å². The standard InChI is InChI=1S/C36H41N3O5/c1-35(2)17-28-33(30(40)19-35)32(34-29(38(28)15-8-16-44-5)18-36(3,4)20-31(34)41)26-22-37(27-10-7-6-9-25(26)27)21-23-11-13-24(14-12-23)39(42)43/h6-7,9-14,22,32H,8,15-21H2,1-5H3. The van der Waals surface area contributed by atoms with Crippen molar-refractivity contribution in [3.05, 3.63) is 98.5 Å². The van der Waals surface area contributed by atoms with Gasteiger partial charge in [-0.25, -0.2) is 0 Å². The molecule has 2 aliphatic carbocycles. The van der Waals surface area contributed by atoms with E-state index in [0.717, 1.165) is 63.8 Å². The third-order valence-corrected chi connectivity index (χ3v) is 9.38. The zero-order chi connectivity index (χ0) is 31.4. The first kappa shape index (κ1) is 30.0. The summed E-state index contributed by atoms with van der Waals surface area (Å²) in [6.07, 6.45) is 5.32. The number of ketones is 2. The first-order valence-electron chi connectivity index (χ1n) is 15.5. The molecule has 1 aromatic heterocycles. The minimum absolute atomic E-state index is 0.0560. The summed E-state index contributed by atoms with van der Waals surface area (Å²) in [4.78, 5) is 41.6. The lowest BCUT2D eigenvalue weighted by Crippen LogP contribution is -2.44. The van der Waals surface area contributed by atoms with Crippen LogP contribution in [0.2, 0.25) is 0 Å². The highest BCUT2D eigenvalue weighted by Gasteiger charge is 2.49. The molecule has 0 N–H and O–H groups in total. The molecule has 1 aliphatic heterocycles. The summed E-state index contributed by atoms with van der Waals surface area (Å²) < 4.78 is 7.55. The smallest absolute Gasteiger partial charge is 0.269 e. The number of non-ortho nitro benzene ring substituents is 1. The molecule has 0 spiro atoms. The molecular weight excluding hydrogens is 554 g/mol. The van der Waals surface area contributed by atoms with Gasteiger partial charge in [-0.15, -0.1) is 0 Å². The summed E-state index contributed by atoms with van der Waals surface area (Å²) in [7, 11) is 1.70. The number of nitro benzene ring substituents is 1. The van der Waals surface area contributed by atoms with Crippen LogP contribution in [0, 0.1) is 20.9 Å². The maximum atomic E-state index is 14.2. The van der Waals surface area contributed by atoms with Crippen LogP contribution in [0.3, 0.4) is 0 Å². The predicted octanol–water partition coefficient (Wildman–Crippen LogP) is 7.32. The summed E-state index contributed by atoms with van der Waals surface area (Å²) in [5, 5.41) is 12.2. The second-order valence-corrected chi connectivity index (χ2v) is 14.2. The molecule has 0 radical (unpaired) electrons. The maximum absolute atomic E-state index is 14.2. The normalized spacial score (nSPS) is 19.9. The van der Waals surface area contributed by atoms with Crippen LogP contribution in [0.5, 0.6) is 0 Å². The Balaban J connectivity index is 1.55. The molecule has 3 aromatic rings. The molecular formula is C36H41N3O5.